The average molecular weight is 360 g/mol. The van der Waals surface area contributed by atoms with Gasteiger partial charge in [0.1, 0.15) is 18.1 Å². The van der Waals surface area contributed by atoms with Gasteiger partial charge in [-0.25, -0.2) is 4.79 Å². The van der Waals surface area contributed by atoms with Crippen LogP contribution in [0.4, 0.5) is 0 Å². The molecule has 25 heavy (non-hydrogen) atoms. The van der Waals surface area contributed by atoms with E-state index < -0.39 is 54.2 Å². The summed E-state index contributed by atoms with van der Waals surface area (Å²) < 4.78 is 0. The molecule has 11 heteroatoms. The highest BCUT2D eigenvalue weighted by molar-refractivity contribution is 5.92. The lowest BCUT2D eigenvalue weighted by Crippen LogP contribution is -2.54. The molecule has 0 unspecified atom stereocenters. The predicted octanol–water partition coefficient (Wildman–Crippen LogP) is -2.24. The Morgan fingerprint density at radius 1 is 1.00 bits per heavy atom. The first-order chi connectivity index (χ1) is 11.5. The van der Waals surface area contributed by atoms with Crippen LogP contribution in [0, 0.1) is 5.92 Å². The topological polar surface area (TPSA) is 202 Å². The Morgan fingerprint density at radius 3 is 1.96 bits per heavy atom. The molecule has 0 fully saturated rings. The van der Waals surface area contributed by atoms with Crippen LogP contribution in [0.15, 0.2) is 0 Å². The van der Waals surface area contributed by atoms with Crippen molar-refractivity contribution in [2.45, 2.75) is 51.2 Å². The number of amides is 3. The quantitative estimate of drug-likeness (QED) is 0.237. The Kier molecular flexibility index (Phi) is 9.13. The Hall–Kier alpha value is -2.69. The summed E-state index contributed by atoms with van der Waals surface area (Å²) in [7, 11) is 0. The average Bonchev–Trinajstić information content (AvgIpc) is 2.48. The highest BCUT2D eigenvalue weighted by Crippen LogP contribution is 2.05. The van der Waals surface area contributed by atoms with Gasteiger partial charge in [0.25, 0.3) is 0 Å². The maximum Gasteiger partial charge on any atom is 0.326 e. The molecule has 0 aromatic rings. The third-order valence-electron chi connectivity index (χ3n) is 3.29. The smallest absolute Gasteiger partial charge is 0.326 e. The van der Waals surface area contributed by atoms with Gasteiger partial charge in [-0.2, -0.15) is 0 Å². The zero-order chi connectivity index (χ0) is 19.7. The second kappa shape index (κ2) is 10.2. The zero-order valence-electron chi connectivity index (χ0n) is 14.0. The summed E-state index contributed by atoms with van der Waals surface area (Å²) >= 11 is 0. The first-order valence-corrected chi connectivity index (χ1v) is 7.54. The van der Waals surface area contributed by atoms with E-state index in [4.69, 9.17) is 21.7 Å². The second-order valence-corrected chi connectivity index (χ2v) is 5.84. The number of hydrogen-bond donors (Lipinski definition) is 6. The van der Waals surface area contributed by atoms with E-state index in [2.05, 4.69) is 10.6 Å². The number of carboxylic acid groups (broad SMARTS) is 2. The molecule has 0 saturated carbocycles. The molecule has 0 heterocycles. The molecule has 0 aliphatic heterocycles. The lowest BCUT2D eigenvalue weighted by Gasteiger charge is -2.23. The van der Waals surface area contributed by atoms with Crippen LogP contribution in [0.3, 0.4) is 0 Å². The lowest BCUT2D eigenvalue weighted by molar-refractivity contribution is -0.144. The van der Waals surface area contributed by atoms with Gasteiger partial charge in [0.05, 0.1) is 6.42 Å². The number of nitrogens with two attached hydrogens (primary N) is 2. The number of carboxylic acids is 2. The van der Waals surface area contributed by atoms with E-state index in [1.807, 2.05) is 0 Å². The van der Waals surface area contributed by atoms with Gasteiger partial charge in [-0.15, -0.1) is 0 Å². The summed E-state index contributed by atoms with van der Waals surface area (Å²) in [5, 5.41) is 22.2. The molecule has 0 rings (SSSR count). The number of hydrogen-bond acceptors (Lipinski definition) is 6. The Bertz CT molecular complexity index is 535. The van der Waals surface area contributed by atoms with E-state index in [0.29, 0.717) is 0 Å². The van der Waals surface area contributed by atoms with Gasteiger partial charge in [-0.1, -0.05) is 13.8 Å². The number of primary amides is 1. The number of carbonyl (C=O) groups excluding carboxylic acids is 3. The SMILES string of the molecule is CC(C)[C@H](NC(=O)CC[C@H](N)C(=O)O)C(=O)N[C@@H](CC(N)=O)C(=O)O. The molecule has 0 radical (unpaired) electrons. The summed E-state index contributed by atoms with van der Waals surface area (Å²) in [6, 6.07) is -3.78. The number of rotatable bonds is 11. The predicted molar refractivity (Wildman–Crippen MR) is 85.0 cm³/mol. The fraction of sp³-hybridized carbons (Fsp3) is 0.643. The normalized spacial score (nSPS) is 14.2. The second-order valence-electron chi connectivity index (χ2n) is 5.84. The van der Waals surface area contributed by atoms with E-state index in [1.165, 1.54) is 0 Å². The molecule has 0 aromatic heterocycles. The van der Waals surface area contributed by atoms with Crippen LogP contribution in [-0.4, -0.2) is 58.0 Å². The first kappa shape index (κ1) is 22.3. The number of nitrogens with one attached hydrogen (secondary N) is 2. The van der Waals surface area contributed by atoms with Gasteiger partial charge in [0, 0.05) is 6.42 Å². The molecule has 0 aliphatic carbocycles. The van der Waals surface area contributed by atoms with Crippen LogP contribution in [0.25, 0.3) is 0 Å². The van der Waals surface area contributed by atoms with Crippen molar-refractivity contribution in [2.75, 3.05) is 0 Å². The third-order valence-corrected chi connectivity index (χ3v) is 3.29. The highest BCUT2D eigenvalue weighted by Gasteiger charge is 2.29. The van der Waals surface area contributed by atoms with E-state index in [1.54, 1.807) is 13.8 Å². The van der Waals surface area contributed by atoms with Gasteiger partial charge in [0.15, 0.2) is 0 Å². The van der Waals surface area contributed by atoms with Crippen molar-refractivity contribution in [2.24, 2.45) is 17.4 Å². The van der Waals surface area contributed by atoms with Crippen molar-refractivity contribution in [3.63, 3.8) is 0 Å². The summed E-state index contributed by atoms with van der Waals surface area (Å²) in [6.45, 7) is 3.24. The zero-order valence-corrected chi connectivity index (χ0v) is 14.0. The molecule has 11 nitrogen and oxygen atoms in total. The van der Waals surface area contributed by atoms with E-state index in [9.17, 15) is 24.0 Å². The van der Waals surface area contributed by atoms with Crippen LogP contribution in [0.5, 0.6) is 0 Å². The molecule has 0 spiro atoms. The van der Waals surface area contributed by atoms with Gasteiger partial charge in [-0.05, 0) is 12.3 Å². The van der Waals surface area contributed by atoms with Crippen molar-refractivity contribution in [3.8, 4) is 0 Å². The number of aliphatic carboxylic acids is 2. The molecular formula is C14H24N4O7. The minimum atomic E-state index is -1.51. The van der Waals surface area contributed by atoms with Crippen molar-refractivity contribution < 1.29 is 34.2 Å². The van der Waals surface area contributed by atoms with E-state index in [-0.39, 0.29) is 18.8 Å². The lowest BCUT2D eigenvalue weighted by atomic mass is 10.0. The fourth-order valence-corrected chi connectivity index (χ4v) is 1.85. The fourth-order valence-electron chi connectivity index (χ4n) is 1.85. The monoisotopic (exact) mass is 360 g/mol. The van der Waals surface area contributed by atoms with Gasteiger partial charge >= 0.3 is 11.9 Å². The Morgan fingerprint density at radius 2 is 1.56 bits per heavy atom. The van der Waals surface area contributed by atoms with Crippen molar-refractivity contribution in [1.82, 2.24) is 10.6 Å². The molecule has 0 aromatic carbocycles. The van der Waals surface area contributed by atoms with E-state index >= 15 is 0 Å². The largest absolute Gasteiger partial charge is 0.480 e. The summed E-state index contributed by atoms with van der Waals surface area (Å²) in [5.74, 6) is -5.37. The van der Waals surface area contributed by atoms with Crippen LogP contribution in [0.1, 0.15) is 33.1 Å². The Labute approximate surface area is 144 Å². The third kappa shape index (κ3) is 8.65. The maximum atomic E-state index is 12.2. The molecule has 8 N–H and O–H groups in total. The molecule has 0 bridgehead atoms. The first-order valence-electron chi connectivity index (χ1n) is 7.54. The van der Waals surface area contributed by atoms with E-state index in [0.717, 1.165) is 0 Å². The van der Waals surface area contributed by atoms with Crippen molar-refractivity contribution in [1.29, 1.82) is 0 Å². The van der Waals surface area contributed by atoms with Crippen LogP contribution in [0.2, 0.25) is 0 Å². The van der Waals surface area contributed by atoms with Crippen LogP contribution < -0.4 is 22.1 Å². The highest BCUT2D eigenvalue weighted by atomic mass is 16.4. The maximum absolute atomic E-state index is 12.2. The Balaban J connectivity index is 4.83. The molecule has 3 amide bonds. The summed E-state index contributed by atoms with van der Waals surface area (Å²) in [5.41, 5.74) is 10.2. The minimum absolute atomic E-state index is 0.118. The molecule has 0 saturated heterocycles. The minimum Gasteiger partial charge on any atom is -0.480 e. The molecule has 3 atom stereocenters. The van der Waals surface area contributed by atoms with Crippen LogP contribution >= 0.6 is 0 Å². The van der Waals surface area contributed by atoms with Crippen molar-refractivity contribution in [3.05, 3.63) is 0 Å². The summed E-state index contributed by atoms with van der Waals surface area (Å²) in [6.07, 6.45) is -0.923. The van der Waals surface area contributed by atoms with Gasteiger partial charge in [-0.3, -0.25) is 19.2 Å². The van der Waals surface area contributed by atoms with Gasteiger partial charge in [0.2, 0.25) is 17.7 Å². The molecule has 142 valence electrons. The van der Waals surface area contributed by atoms with Crippen LogP contribution in [-0.2, 0) is 24.0 Å². The van der Waals surface area contributed by atoms with Crippen molar-refractivity contribution >= 4 is 29.7 Å². The number of carbonyl (C=O) groups is 5. The molecule has 0 aliphatic rings. The standard InChI is InChI=1S/C14H24N4O7/c1-6(2)11(18-10(20)4-3-7(15)13(22)23)12(21)17-8(14(24)25)5-9(16)19/h6-8,11H,3-5,15H2,1-2H3,(H2,16,19)(H,17,21)(H,18,20)(H,22,23)(H,24,25)/t7-,8-,11-/m0/s1. The molecular weight excluding hydrogens is 336 g/mol. The van der Waals surface area contributed by atoms with Gasteiger partial charge < -0.3 is 32.3 Å². The summed E-state index contributed by atoms with van der Waals surface area (Å²) in [4.78, 5) is 56.6.